The Hall–Kier alpha value is -3.86. The highest BCUT2D eigenvalue weighted by atomic mass is 15.2. The maximum Gasteiger partial charge on any atom is 0.169 e. The lowest BCUT2D eigenvalue weighted by Crippen LogP contribution is -2.02. The zero-order valence-electron chi connectivity index (χ0n) is 16.2. The summed E-state index contributed by atoms with van der Waals surface area (Å²) in [7, 11) is 0. The first-order chi connectivity index (χ1) is 14.2. The van der Waals surface area contributed by atoms with Crippen LogP contribution in [0.15, 0.2) is 79.1 Å². The lowest BCUT2D eigenvalue weighted by molar-refractivity contribution is 1.05. The summed E-state index contributed by atoms with van der Waals surface area (Å²) in [4.78, 5) is 18.9. The van der Waals surface area contributed by atoms with Gasteiger partial charge in [0.25, 0.3) is 0 Å². The third kappa shape index (κ3) is 3.06. The van der Waals surface area contributed by atoms with E-state index in [0.29, 0.717) is 5.82 Å². The second-order valence-electron chi connectivity index (χ2n) is 7.04. The molecule has 5 heteroatoms. The van der Waals surface area contributed by atoms with E-state index < -0.39 is 0 Å². The van der Waals surface area contributed by atoms with Gasteiger partial charge in [-0.3, -0.25) is 9.55 Å². The first-order valence-corrected chi connectivity index (χ1v) is 9.50. The summed E-state index contributed by atoms with van der Waals surface area (Å²) < 4.78 is 2.07. The monoisotopic (exact) mass is 377 g/mol. The van der Waals surface area contributed by atoms with Crippen molar-refractivity contribution < 1.29 is 0 Å². The maximum absolute atomic E-state index is 4.88. The Morgan fingerprint density at radius 3 is 2.31 bits per heavy atom. The number of hydrogen-bond donors (Lipinski definition) is 0. The van der Waals surface area contributed by atoms with Gasteiger partial charge in [0.15, 0.2) is 17.3 Å². The number of imidazole rings is 1. The Kier molecular flexibility index (Phi) is 4.13. The topological polar surface area (TPSA) is 56.5 Å². The predicted octanol–water partition coefficient (Wildman–Crippen LogP) is 5.16. The molecule has 140 valence electrons. The first-order valence-electron chi connectivity index (χ1n) is 9.50. The molecule has 3 heterocycles. The average Bonchev–Trinajstić information content (AvgIpc) is 3.14. The number of rotatable bonds is 3. The molecule has 0 amide bonds. The van der Waals surface area contributed by atoms with Crippen molar-refractivity contribution >= 4 is 11.2 Å². The molecule has 2 aromatic carbocycles. The van der Waals surface area contributed by atoms with E-state index in [1.54, 1.807) is 12.4 Å². The zero-order valence-corrected chi connectivity index (χ0v) is 16.2. The molecule has 29 heavy (non-hydrogen) atoms. The number of aryl methyl sites for hydroxylation is 2. The summed E-state index contributed by atoms with van der Waals surface area (Å²) in [6, 6.07) is 22.3. The quantitative estimate of drug-likeness (QED) is 0.436. The SMILES string of the molecule is Cc1ccc(-n2c(-c3ncccc3C)nc3cnc(-c4ccccc4)nc32)cc1. The van der Waals surface area contributed by atoms with Gasteiger partial charge in [-0.15, -0.1) is 0 Å². The molecule has 0 saturated carbocycles. The van der Waals surface area contributed by atoms with Crippen molar-refractivity contribution in [2.75, 3.05) is 0 Å². The molecule has 5 nitrogen and oxygen atoms in total. The van der Waals surface area contributed by atoms with E-state index in [0.717, 1.165) is 39.5 Å². The molecule has 0 aliphatic rings. The maximum atomic E-state index is 4.88. The highest BCUT2D eigenvalue weighted by Gasteiger charge is 2.19. The Morgan fingerprint density at radius 2 is 1.55 bits per heavy atom. The van der Waals surface area contributed by atoms with E-state index in [4.69, 9.17) is 9.97 Å². The summed E-state index contributed by atoms with van der Waals surface area (Å²) in [5, 5.41) is 0. The summed E-state index contributed by atoms with van der Waals surface area (Å²) in [6.07, 6.45) is 3.58. The molecule has 0 aliphatic carbocycles. The van der Waals surface area contributed by atoms with Crippen molar-refractivity contribution in [1.82, 2.24) is 24.5 Å². The number of aromatic nitrogens is 5. The smallest absolute Gasteiger partial charge is 0.169 e. The fraction of sp³-hybridized carbons (Fsp3) is 0.0833. The Labute approximate surface area is 168 Å². The van der Waals surface area contributed by atoms with Crippen LogP contribution in [0.1, 0.15) is 11.1 Å². The van der Waals surface area contributed by atoms with E-state index in [-0.39, 0.29) is 0 Å². The number of pyridine rings is 1. The van der Waals surface area contributed by atoms with Gasteiger partial charge in [-0.1, -0.05) is 54.1 Å². The summed E-state index contributed by atoms with van der Waals surface area (Å²) in [5.41, 5.74) is 6.58. The van der Waals surface area contributed by atoms with Gasteiger partial charge < -0.3 is 0 Å². The highest BCUT2D eigenvalue weighted by Crippen LogP contribution is 2.29. The molecular weight excluding hydrogens is 358 g/mol. The van der Waals surface area contributed by atoms with Gasteiger partial charge in [0.1, 0.15) is 11.2 Å². The summed E-state index contributed by atoms with van der Waals surface area (Å²) in [5.74, 6) is 1.44. The van der Waals surface area contributed by atoms with Gasteiger partial charge in [-0.25, -0.2) is 15.0 Å². The lowest BCUT2D eigenvalue weighted by Gasteiger charge is -2.10. The van der Waals surface area contributed by atoms with Crippen LogP contribution < -0.4 is 0 Å². The molecule has 0 spiro atoms. The van der Waals surface area contributed by atoms with Crippen molar-refractivity contribution in [3.63, 3.8) is 0 Å². The first kappa shape index (κ1) is 17.3. The third-order valence-corrected chi connectivity index (χ3v) is 4.95. The van der Waals surface area contributed by atoms with Crippen LogP contribution >= 0.6 is 0 Å². The minimum atomic E-state index is 0.677. The Morgan fingerprint density at radius 1 is 0.759 bits per heavy atom. The van der Waals surface area contributed by atoms with Crippen LogP contribution in [0.2, 0.25) is 0 Å². The van der Waals surface area contributed by atoms with Crippen molar-refractivity contribution in [2.24, 2.45) is 0 Å². The Bertz CT molecular complexity index is 1300. The number of nitrogens with zero attached hydrogens (tertiary/aromatic N) is 5. The van der Waals surface area contributed by atoms with Gasteiger partial charge in [-0.05, 0) is 37.6 Å². The highest BCUT2D eigenvalue weighted by molar-refractivity contribution is 5.80. The average molecular weight is 377 g/mol. The fourth-order valence-electron chi connectivity index (χ4n) is 3.42. The molecule has 3 aromatic heterocycles. The van der Waals surface area contributed by atoms with E-state index in [1.165, 1.54) is 5.56 Å². The second kappa shape index (κ2) is 6.95. The molecule has 0 unspecified atom stereocenters. The largest absolute Gasteiger partial charge is 0.275 e. The fourth-order valence-corrected chi connectivity index (χ4v) is 3.42. The molecule has 0 atom stereocenters. The molecule has 5 aromatic rings. The number of fused-ring (bicyclic) bond motifs is 1. The standard InChI is InChI=1S/C24H19N5/c1-16-10-12-19(13-11-16)29-23-20(27-24(29)21-17(2)7-6-14-25-21)15-26-22(28-23)18-8-4-3-5-9-18/h3-15H,1-2H3. The van der Waals surface area contributed by atoms with Crippen molar-refractivity contribution in [1.29, 1.82) is 0 Å². The van der Waals surface area contributed by atoms with Gasteiger partial charge in [0.05, 0.1) is 6.20 Å². The predicted molar refractivity (Wildman–Crippen MR) is 115 cm³/mol. The summed E-state index contributed by atoms with van der Waals surface area (Å²) in [6.45, 7) is 4.12. The zero-order chi connectivity index (χ0) is 19.8. The van der Waals surface area contributed by atoms with Crippen LogP contribution in [0.3, 0.4) is 0 Å². The van der Waals surface area contributed by atoms with Crippen molar-refractivity contribution in [2.45, 2.75) is 13.8 Å². The molecule has 0 bridgehead atoms. The second-order valence-corrected chi connectivity index (χ2v) is 7.04. The van der Waals surface area contributed by atoms with Crippen LogP contribution in [0.4, 0.5) is 0 Å². The van der Waals surface area contributed by atoms with Crippen LogP contribution in [-0.4, -0.2) is 24.5 Å². The molecule has 0 aliphatic heterocycles. The molecular formula is C24H19N5. The van der Waals surface area contributed by atoms with Crippen LogP contribution in [0, 0.1) is 13.8 Å². The van der Waals surface area contributed by atoms with Crippen LogP contribution in [0.25, 0.3) is 39.8 Å². The van der Waals surface area contributed by atoms with Gasteiger partial charge in [-0.2, -0.15) is 0 Å². The molecule has 0 fully saturated rings. The number of hydrogen-bond acceptors (Lipinski definition) is 4. The lowest BCUT2D eigenvalue weighted by atomic mass is 10.2. The minimum absolute atomic E-state index is 0.677. The summed E-state index contributed by atoms with van der Waals surface area (Å²) >= 11 is 0. The van der Waals surface area contributed by atoms with Crippen molar-refractivity contribution in [3.05, 3.63) is 90.3 Å². The molecule has 5 rings (SSSR count). The van der Waals surface area contributed by atoms with Crippen LogP contribution in [-0.2, 0) is 0 Å². The van der Waals surface area contributed by atoms with Crippen molar-refractivity contribution in [3.8, 4) is 28.6 Å². The third-order valence-electron chi connectivity index (χ3n) is 4.95. The molecule has 0 radical (unpaired) electrons. The van der Waals surface area contributed by atoms with E-state index >= 15 is 0 Å². The van der Waals surface area contributed by atoms with E-state index in [9.17, 15) is 0 Å². The van der Waals surface area contributed by atoms with E-state index in [1.807, 2.05) is 49.4 Å². The van der Waals surface area contributed by atoms with Gasteiger partial charge in [0, 0.05) is 17.4 Å². The van der Waals surface area contributed by atoms with Gasteiger partial charge in [0.2, 0.25) is 0 Å². The molecule has 0 saturated heterocycles. The van der Waals surface area contributed by atoms with Crippen LogP contribution in [0.5, 0.6) is 0 Å². The Balaban J connectivity index is 1.81. The normalized spacial score (nSPS) is 11.1. The minimum Gasteiger partial charge on any atom is -0.275 e. The molecule has 0 N–H and O–H groups in total. The van der Waals surface area contributed by atoms with Gasteiger partial charge >= 0.3 is 0 Å². The number of benzene rings is 2. The van der Waals surface area contributed by atoms with E-state index in [2.05, 4.69) is 45.7 Å².